The molecular formula is C14H14BrClN2O3. The summed E-state index contributed by atoms with van der Waals surface area (Å²) >= 11 is 9.44. The van der Waals surface area contributed by atoms with Crippen molar-refractivity contribution >= 4 is 33.5 Å². The summed E-state index contributed by atoms with van der Waals surface area (Å²) in [5, 5.41) is 14.0. The van der Waals surface area contributed by atoms with E-state index in [1.807, 2.05) is 0 Å². The molecule has 1 N–H and O–H groups in total. The van der Waals surface area contributed by atoms with Gasteiger partial charge in [-0.1, -0.05) is 27.5 Å². The average molecular weight is 374 g/mol. The van der Waals surface area contributed by atoms with Gasteiger partial charge in [0.1, 0.15) is 17.9 Å². The largest absolute Gasteiger partial charge is 0.486 e. The molecule has 5 nitrogen and oxygen atoms in total. The number of carboxylic acids is 1. The molecule has 1 heterocycles. The van der Waals surface area contributed by atoms with E-state index in [0.717, 1.165) is 5.56 Å². The number of benzene rings is 1. The molecule has 0 saturated heterocycles. The molecule has 0 amide bonds. The number of carbonyl (C=O) groups is 1. The van der Waals surface area contributed by atoms with E-state index in [2.05, 4.69) is 21.0 Å². The zero-order chi connectivity index (χ0) is 15.7. The van der Waals surface area contributed by atoms with Gasteiger partial charge in [-0.2, -0.15) is 5.10 Å². The van der Waals surface area contributed by atoms with Crippen LogP contribution in [0.1, 0.15) is 27.3 Å². The van der Waals surface area contributed by atoms with Crippen molar-refractivity contribution in [1.29, 1.82) is 0 Å². The van der Waals surface area contributed by atoms with Crippen LogP contribution in [0.3, 0.4) is 0 Å². The van der Waals surface area contributed by atoms with Crippen LogP contribution in [0.5, 0.6) is 5.75 Å². The number of aromatic nitrogens is 2. The first-order valence-electron chi connectivity index (χ1n) is 6.15. The van der Waals surface area contributed by atoms with Gasteiger partial charge in [0.05, 0.1) is 16.4 Å². The molecule has 0 saturated carbocycles. The second-order valence-electron chi connectivity index (χ2n) is 4.66. The van der Waals surface area contributed by atoms with Gasteiger partial charge in [-0.3, -0.25) is 4.68 Å². The lowest BCUT2D eigenvalue weighted by Gasteiger charge is -2.13. The normalized spacial score (nSPS) is 10.7. The zero-order valence-corrected chi connectivity index (χ0v) is 14.1. The highest BCUT2D eigenvalue weighted by atomic mass is 79.9. The molecule has 0 unspecified atom stereocenters. The van der Waals surface area contributed by atoms with Crippen LogP contribution < -0.4 is 4.74 Å². The van der Waals surface area contributed by atoms with Crippen molar-refractivity contribution in [2.24, 2.45) is 7.05 Å². The highest BCUT2D eigenvalue weighted by Crippen LogP contribution is 2.30. The van der Waals surface area contributed by atoms with E-state index in [1.165, 1.54) is 6.07 Å². The fraction of sp³-hybridized carbons (Fsp3) is 0.286. The van der Waals surface area contributed by atoms with Crippen LogP contribution in [-0.4, -0.2) is 20.9 Å². The Morgan fingerprint density at radius 1 is 1.48 bits per heavy atom. The molecule has 0 atom stereocenters. The number of nitrogens with zero attached hydrogens (tertiary/aromatic N) is 2. The lowest BCUT2D eigenvalue weighted by Crippen LogP contribution is -2.08. The molecule has 0 bridgehead atoms. The molecule has 1 aromatic heterocycles. The van der Waals surface area contributed by atoms with Gasteiger partial charge in [0.25, 0.3) is 0 Å². The molecule has 0 aliphatic carbocycles. The van der Waals surface area contributed by atoms with Crippen LogP contribution in [0.2, 0.25) is 5.02 Å². The number of aromatic carboxylic acids is 1. The van der Waals surface area contributed by atoms with Crippen molar-refractivity contribution < 1.29 is 14.6 Å². The van der Waals surface area contributed by atoms with Gasteiger partial charge in [-0.05, 0) is 31.5 Å². The molecule has 2 rings (SSSR count). The summed E-state index contributed by atoms with van der Waals surface area (Å²) in [6, 6.07) is 3.32. The number of hydrogen-bond donors (Lipinski definition) is 1. The summed E-state index contributed by atoms with van der Waals surface area (Å²) in [4.78, 5) is 11.3. The number of carboxylic acid groups (broad SMARTS) is 1. The minimum absolute atomic E-state index is 0.108. The van der Waals surface area contributed by atoms with Gasteiger partial charge in [-0.15, -0.1) is 0 Å². The molecule has 0 fully saturated rings. The predicted octanol–water partition coefficient (Wildman–Crippen LogP) is 3.73. The van der Waals surface area contributed by atoms with Crippen molar-refractivity contribution in [2.75, 3.05) is 0 Å². The Labute approximate surface area is 135 Å². The standard InChI is InChI=1S/C14H14BrClN2O3/c1-7-4-9(15)5-10(14(19)20)13(7)21-6-11-12(16)8(2)17-18(11)3/h4-5H,6H2,1-3H3,(H,19,20). The molecule has 1 aromatic carbocycles. The second kappa shape index (κ2) is 6.07. The zero-order valence-electron chi connectivity index (χ0n) is 11.8. The van der Waals surface area contributed by atoms with Crippen molar-refractivity contribution in [3.63, 3.8) is 0 Å². The Morgan fingerprint density at radius 2 is 2.14 bits per heavy atom. The monoisotopic (exact) mass is 372 g/mol. The molecule has 0 aliphatic rings. The highest BCUT2D eigenvalue weighted by molar-refractivity contribution is 9.10. The third-order valence-corrected chi connectivity index (χ3v) is 4.03. The van der Waals surface area contributed by atoms with Gasteiger partial charge < -0.3 is 9.84 Å². The summed E-state index contributed by atoms with van der Waals surface area (Å²) in [7, 11) is 1.77. The van der Waals surface area contributed by atoms with E-state index in [9.17, 15) is 9.90 Å². The van der Waals surface area contributed by atoms with Gasteiger partial charge in [0.15, 0.2) is 0 Å². The quantitative estimate of drug-likeness (QED) is 0.887. The summed E-state index contributed by atoms with van der Waals surface area (Å²) < 4.78 is 8.02. The maximum absolute atomic E-state index is 11.3. The number of hydrogen-bond acceptors (Lipinski definition) is 3. The molecular weight excluding hydrogens is 360 g/mol. The lowest BCUT2D eigenvalue weighted by atomic mass is 10.1. The van der Waals surface area contributed by atoms with E-state index in [-0.39, 0.29) is 12.2 Å². The predicted molar refractivity (Wildman–Crippen MR) is 83.1 cm³/mol. The maximum Gasteiger partial charge on any atom is 0.339 e. The third-order valence-electron chi connectivity index (χ3n) is 3.08. The third kappa shape index (κ3) is 3.22. The molecule has 0 radical (unpaired) electrons. The van der Waals surface area contributed by atoms with E-state index in [1.54, 1.807) is 31.6 Å². The Kier molecular flexibility index (Phi) is 4.58. The molecule has 0 spiro atoms. The summed E-state index contributed by atoms with van der Waals surface area (Å²) in [5.41, 5.74) is 2.25. The van der Waals surface area contributed by atoms with Crippen molar-refractivity contribution in [1.82, 2.24) is 9.78 Å². The Balaban J connectivity index is 2.34. The van der Waals surface area contributed by atoms with E-state index < -0.39 is 5.97 Å². The fourth-order valence-electron chi connectivity index (χ4n) is 2.06. The fourth-order valence-corrected chi connectivity index (χ4v) is 2.84. The Bertz CT molecular complexity index is 713. The van der Waals surface area contributed by atoms with Crippen LogP contribution in [-0.2, 0) is 13.7 Å². The van der Waals surface area contributed by atoms with Crippen LogP contribution >= 0.6 is 27.5 Å². The summed E-state index contributed by atoms with van der Waals surface area (Å²) in [5.74, 6) is -0.706. The molecule has 112 valence electrons. The van der Waals surface area contributed by atoms with Gasteiger partial charge in [0.2, 0.25) is 0 Å². The molecule has 2 aromatic rings. The van der Waals surface area contributed by atoms with Crippen LogP contribution in [0.25, 0.3) is 0 Å². The number of aryl methyl sites for hydroxylation is 3. The van der Waals surface area contributed by atoms with Crippen molar-refractivity contribution in [3.05, 3.63) is 44.1 Å². The van der Waals surface area contributed by atoms with Crippen molar-refractivity contribution in [3.8, 4) is 5.75 Å². The summed E-state index contributed by atoms with van der Waals surface area (Å²) in [6.45, 7) is 3.75. The molecule has 7 heteroatoms. The van der Waals surface area contributed by atoms with Gasteiger partial charge in [-0.25, -0.2) is 4.79 Å². The van der Waals surface area contributed by atoms with Gasteiger partial charge >= 0.3 is 5.97 Å². The first-order chi connectivity index (χ1) is 9.81. The van der Waals surface area contributed by atoms with E-state index in [0.29, 0.717) is 26.6 Å². The van der Waals surface area contributed by atoms with E-state index >= 15 is 0 Å². The minimum atomic E-state index is -1.04. The van der Waals surface area contributed by atoms with E-state index in [4.69, 9.17) is 16.3 Å². The first kappa shape index (κ1) is 15.9. The maximum atomic E-state index is 11.3. The topological polar surface area (TPSA) is 64.3 Å². The minimum Gasteiger partial charge on any atom is -0.486 e. The first-order valence-corrected chi connectivity index (χ1v) is 7.32. The van der Waals surface area contributed by atoms with Crippen LogP contribution in [0.15, 0.2) is 16.6 Å². The van der Waals surface area contributed by atoms with Crippen molar-refractivity contribution in [2.45, 2.75) is 20.5 Å². The number of halogens is 2. The Morgan fingerprint density at radius 3 is 2.67 bits per heavy atom. The van der Waals surface area contributed by atoms with Crippen LogP contribution in [0, 0.1) is 13.8 Å². The lowest BCUT2D eigenvalue weighted by molar-refractivity contribution is 0.0691. The Hall–Kier alpha value is -1.53. The smallest absolute Gasteiger partial charge is 0.339 e. The number of rotatable bonds is 4. The second-order valence-corrected chi connectivity index (χ2v) is 5.96. The average Bonchev–Trinajstić information content (AvgIpc) is 2.62. The molecule has 0 aliphatic heterocycles. The highest BCUT2D eigenvalue weighted by Gasteiger charge is 2.17. The SMILES string of the molecule is Cc1cc(Br)cc(C(=O)O)c1OCc1c(Cl)c(C)nn1C. The molecule has 21 heavy (non-hydrogen) atoms. The van der Waals surface area contributed by atoms with Crippen LogP contribution in [0.4, 0.5) is 0 Å². The van der Waals surface area contributed by atoms with Gasteiger partial charge in [0, 0.05) is 11.5 Å². The summed E-state index contributed by atoms with van der Waals surface area (Å²) in [6.07, 6.45) is 0. The number of ether oxygens (including phenoxy) is 1.